The van der Waals surface area contributed by atoms with E-state index in [1.165, 1.54) is 10.9 Å². The van der Waals surface area contributed by atoms with Crippen molar-refractivity contribution in [1.82, 2.24) is 19.9 Å². The van der Waals surface area contributed by atoms with Gasteiger partial charge in [0, 0.05) is 36.2 Å². The molecule has 0 spiro atoms. The Morgan fingerprint density at radius 3 is 2.78 bits per heavy atom. The fourth-order valence-electron chi connectivity index (χ4n) is 4.12. The molecule has 1 aliphatic heterocycles. The number of halogens is 1. The molecule has 0 amide bonds. The number of benzene rings is 1. The molecular formula is C23H27FN4O3S. The van der Waals surface area contributed by atoms with Crippen molar-refractivity contribution >= 4 is 30.5 Å². The molecular weight excluding hydrogens is 431 g/mol. The highest BCUT2D eigenvalue weighted by molar-refractivity contribution is 7.81. The van der Waals surface area contributed by atoms with Crippen LogP contribution in [0.4, 0.5) is 4.39 Å². The molecule has 2 aliphatic rings. The van der Waals surface area contributed by atoms with Gasteiger partial charge in [0.25, 0.3) is 0 Å². The van der Waals surface area contributed by atoms with Gasteiger partial charge >= 0.3 is 5.97 Å². The second-order valence-electron chi connectivity index (χ2n) is 8.46. The third kappa shape index (κ3) is 5.45. The molecule has 32 heavy (non-hydrogen) atoms. The molecule has 1 N–H and O–H groups in total. The van der Waals surface area contributed by atoms with Crippen LogP contribution in [0, 0.1) is 11.7 Å². The van der Waals surface area contributed by atoms with Crippen molar-refractivity contribution in [3.05, 3.63) is 53.1 Å². The van der Waals surface area contributed by atoms with E-state index in [2.05, 4.69) is 15.1 Å². The summed E-state index contributed by atoms with van der Waals surface area (Å²) in [6.45, 7) is 1.58. The molecule has 2 fully saturated rings. The molecule has 2 unspecified atom stereocenters. The molecule has 0 radical (unpaired) electrons. The monoisotopic (exact) mass is 458 g/mol. The van der Waals surface area contributed by atoms with Crippen molar-refractivity contribution in [3.8, 4) is 0 Å². The maximum atomic E-state index is 14.6. The maximum Gasteiger partial charge on any atom is 0.303 e. The first-order valence-electron chi connectivity index (χ1n) is 10.9. The largest absolute Gasteiger partial charge is 0.481 e. The topological polar surface area (TPSA) is 88.3 Å². The number of hydrogen-bond donors (Lipinski definition) is 2. The summed E-state index contributed by atoms with van der Waals surface area (Å²) in [6, 6.07) is 5.94. The summed E-state index contributed by atoms with van der Waals surface area (Å²) >= 11 is 4.72. The van der Waals surface area contributed by atoms with Gasteiger partial charge in [-0.15, -0.1) is 0 Å². The highest BCUT2D eigenvalue weighted by atomic mass is 32.1. The van der Waals surface area contributed by atoms with E-state index < -0.39 is 12.0 Å². The Balaban J connectivity index is 1.52. The number of hydrogen-bond acceptors (Lipinski definition) is 6. The third-order valence-corrected chi connectivity index (χ3v) is 6.54. The van der Waals surface area contributed by atoms with E-state index in [0.29, 0.717) is 37.3 Å². The predicted octanol–water partition coefficient (Wildman–Crippen LogP) is 3.39. The number of aryl methyl sites for hydroxylation is 1. The van der Waals surface area contributed by atoms with Gasteiger partial charge in [0.05, 0.1) is 18.8 Å². The fourth-order valence-corrected chi connectivity index (χ4v) is 4.39. The average Bonchev–Trinajstić information content (AvgIpc) is 3.52. The van der Waals surface area contributed by atoms with Crippen molar-refractivity contribution in [2.24, 2.45) is 5.92 Å². The van der Waals surface area contributed by atoms with Crippen LogP contribution in [-0.4, -0.2) is 55.1 Å². The van der Waals surface area contributed by atoms with Crippen LogP contribution in [0.5, 0.6) is 0 Å². The Kier molecular flexibility index (Phi) is 7.05. The minimum Gasteiger partial charge on any atom is -0.481 e. The van der Waals surface area contributed by atoms with Crippen molar-refractivity contribution in [2.75, 3.05) is 13.1 Å². The van der Waals surface area contributed by atoms with E-state index in [9.17, 15) is 14.0 Å². The molecule has 2 heterocycles. The van der Waals surface area contributed by atoms with Crippen LogP contribution in [0.2, 0.25) is 0 Å². The first-order valence-corrected chi connectivity index (χ1v) is 11.5. The van der Waals surface area contributed by atoms with Crippen LogP contribution < -0.4 is 0 Å². The van der Waals surface area contributed by atoms with Crippen molar-refractivity contribution in [1.29, 1.82) is 0 Å². The number of carboxylic acids is 1. The van der Waals surface area contributed by atoms with Crippen molar-refractivity contribution in [2.45, 2.75) is 49.9 Å². The molecule has 2 atom stereocenters. The van der Waals surface area contributed by atoms with Crippen LogP contribution in [0.15, 0.2) is 36.0 Å². The zero-order valence-electron chi connectivity index (χ0n) is 17.7. The molecule has 1 aromatic carbocycles. The quantitative estimate of drug-likeness (QED) is 0.560. The van der Waals surface area contributed by atoms with Crippen molar-refractivity contribution in [3.63, 3.8) is 0 Å². The Bertz CT molecular complexity index is 1020. The third-order valence-electron chi connectivity index (χ3n) is 5.95. The lowest BCUT2D eigenvalue weighted by molar-refractivity contribution is -0.137. The van der Waals surface area contributed by atoms with Gasteiger partial charge in [0.15, 0.2) is 5.78 Å². The SMILES string of the molecule is O=C(O)CCCn1ncc(/C=C2\CN(C(C(=O)C3CC3)c3ccccc3F)CCC2S)n1. The molecule has 9 heteroatoms. The van der Waals surface area contributed by atoms with E-state index in [4.69, 9.17) is 17.7 Å². The number of carbonyl (C=O) groups is 2. The number of piperidine rings is 1. The highest BCUT2D eigenvalue weighted by Crippen LogP contribution is 2.39. The number of Topliss-reactive ketones (excluding diaryl/α,β-unsaturated/α-hetero) is 1. The lowest BCUT2D eigenvalue weighted by Crippen LogP contribution is -2.42. The summed E-state index contributed by atoms with van der Waals surface area (Å²) in [7, 11) is 0. The first kappa shape index (κ1) is 22.7. The lowest BCUT2D eigenvalue weighted by atomic mass is 9.93. The highest BCUT2D eigenvalue weighted by Gasteiger charge is 2.40. The number of ketones is 1. The first-order chi connectivity index (χ1) is 15.4. The van der Waals surface area contributed by atoms with Crippen LogP contribution in [0.3, 0.4) is 0 Å². The van der Waals surface area contributed by atoms with Gasteiger partial charge in [0.1, 0.15) is 11.5 Å². The molecule has 170 valence electrons. The van der Waals surface area contributed by atoms with Gasteiger partial charge in [-0.05, 0) is 43.4 Å². The van der Waals surface area contributed by atoms with Gasteiger partial charge in [-0.25, -0.2) is 4.39 Å². The summed E-state index contributed by atoms with van der Waals surface area (Å²) in [6.07, 6.45) is 6.57. The van der Waals surface area contributed by atoms with Crippen LogP contribution >= 0.6 is 12.6 Å². The summed E-state index contributed by atoms with van der Waals surface area (Å²) in [4.78, 5) is 27.4. The predicted molar refractivity (Wildman–Crippen MR) is 121 cm³/mol. The van der Waals surface area contributed by atoms with Crippen LogP contribution in [0.25, 0.3) is 6.08 Å². The summed E-state index contributed by atoms with van der Waals surface area (Å²) in [5, 5.41) is 17.4. The Hall–Kier alpha value is -2.52. The Labute approximate surface area is 191 Å². The fraction of sp³-hybridized carbons (Fsp3) is 0.478. The van der Waals surface area contributed by atoms with E-state index in [1.54, 1.807) is 24.4 Å². The maximum absolute atomic E-state index is 14.6. The Morgan fingerprint density at radius 2 is 2.06 bits per heavy atom. The summed E-state index contributed by atoms with van der Waals surface area (Å²) in [5.41, 5.74) is 2.10. The second kappa shape index (κ2) is 9.95. The number of rotatable bonds is 9. The number of nitrogens with zero attached hydrogens (tertiary/aromatic N) is 4. The molecule has 4 rings (SSSR count). The standard InChI is InChI=1S/C23H27FN4O3S/c24-19-5-2-1-4-18(19)22(23(31)15-7-8-15)27-11-9-20(32)16(14-27)12-17-13-25-28(26-17)10-3-6-21(29)30/h1-2,4-5,12-13,15,20,22,32H,3,6-11,14H2,(H,29,30)/b16-12+. The normalized spacial score (nSPS) is 21.6. The number of thiol groups is 1. The van der Waals surface area contributed by atoms with E-state index in [-0.39, 0.29) is 29.2 Å². The average molecular weight is 459 g/mol. The molecule has 2 aromatic rings. The number of aromatic nitrogens is 3. The smallest absolute Gasteiger partial charge is 0.303 e. The number of aliphatic carboxylic acids is 1. The van der Waals surface area contributed by atoms with Crippen molar-refractivity contribution < 1.29 is 19.1 Å². The molecule has 1 saturated carbocycles. The lowest BCUT2D eigenvalue weighted by Gasteiger charge is -2.37. The molecule has 1 aromatic heterocycles. The second-order valence-corrected chi connectivity index (χ2v) is 9.08. The molecule has 1 aliphatic carbocycles. The minimum atomic E-state index is -0.843. The summed E-state index contributed by atoms with van der Waals surface area (Å²) < 4.78 is 14.6. The summed E-state index contributed by atoms with van der Waals surface area (Å²) in [5.74, 6) is -1.08. The molecule has 0 bridgehead atoms. The van der Waals surface area contributed by atoms with E-state index >= 15 is 0 Å². The zero-order valence-corrected chi connectivity index (χ0v) is 18.6. The van der Waals surface area contributed by atoms with Gasteiger partial charge in [-0.3, -0.25) is 14.5 Å². The minimum absolute atomic E-state index is 0.0145. The van der Waals surface area contributed by atoms with E-state index in [0.717, 1.165) is 24.8 Å². The number of carbonyl (C=O) groups excluding carboxylic acids is 1. The molecule has 1 saturated heterocycles. The van der Waals surface area contributed by atoms with Crippen LogP contribution in [-0.2, 0) is 16.1 Å². The number of carboxylic acid groups (broad SMARTS) is 1. The molecule has 7 nitrogen and oxygen atoms in total. The zero-order chi connectivity index (χ0) is 22.7. The van der Waals surface area contributed by atoms with E-state index in [1.807, 2.05) is 6.08 Å². The van der Waals surface area contributed by atoms with Gasteiger partial charge in [0.2, 0.25) is 0 Å². The Morgan fingerprint density at radius 1 is 1.28 bits per heavy atom. The van der Waals surface area contributed by atoms with Gasteiger partial charge < -0.3 is 5.11 Å². The number of likely N-dealkylation sites (tertiary alicyclic amines) is 1. The van der Waals surface area contributed by atoms with Gasteiger partial charge in [-0.2, -0.15) is 27.6 Å². The van der Waals surface area contributed by atoms with Crippen LogP contribution in [0.1, 0.15) is 49.4 Å². The van der Waals surface area contributed by atoms with Gasteiger partial charge in [-0.1, -0.05) is 18.2 Å².